The van der Waals surface area contributed by atoms with Crippen LogP contribution in [-0.4, -0.2) is 37.0 Å². The molecule has 5 rings (SSSR count). The predicted octanol–water partition coefficient (Wildman–Crippen LogP) is 4.62. The lowest BCUT2D eigenvalue weighted by molar-refractivity contribution is -0.154. The molecule has 1 aromatic heterocycles. The zero-order chi connectivity index (χ0) is 21.3. The summed E-state index contributed by atoms with van der Waals surface area (Å²) in [5, 5.41) is 3.68. The quantitative estimate of drug-likeness (QED) is 0.755. The fraction of sp³-hybridized carbons (Fsp3) is 0.560. The zero-order valence-electron chi connectivity index (χ0n) is 17.8. The predicted molar refractivity (Wildman–Crippen MR) is 114 cm³/mol. The number of aryl methyl sites for hydroxylation is 1. The number of nitrogens with zero attached hydrogens (tertiary/aromatic N) is 1. The molecule has 3 aliphatic rings. The van der Waals surface area contributed by atoms with Crippen LogP contribution in [0.2, 0.25) is 0 Å². The van der Waals surface area contributed by atoms with Crippen LogP contribution < -0.4 is 5.32 Å². The lowest BCUT2D eigenvalue weighted by Crippen LogP contribution is -2.51. The first kappa shape index (κ1) is 21.0. The van der Waals surface area contributed by atoms with Crippen LogP contribution in [-0.2, 0) is 21.3 Å². The molecule has 2 fully saturated rings. The molecule has 0 bridgehead atoms. The molecule has 1 N–H and O–H groups in total. The molecular weight excluding hydrogens is 398 g/mol. The van der Waals surface area contributed by atoms with Crippen LogP contribution in [0, 0.1) is 11.6 Å². The van der Waals surface area contributed by atoms with Gasteiger partial charge in [0.25, 0.3) is 0 Å². The van der Waals surface area contributed by atoms with Gasteiger partial charge in [-0.1, -0.05) is 6.07 Å². The Morgan fingerprint density at radius 1 is 1.03 bits per heavy atom. The summed E-state index contributed by atoms with van der Waals surface area (Å²) in [6.45, 7) is 2.91. The van der Waals surface area contributed by atoms with E-state index in [4.69, 9.17) is 9.47 Å². The van der Waals surface area contributed by atoms with Gasteiger partial charge in [0, 0.05) is 37.0 Å². The van der Waals surface area contributed by atoms with E-state index in [2.05, 4.69) is 10.3 Å². The van der Waals surface area contributed by atoms with Gasteiger partial charge in [0.2, 0.25) is 0 Å². The highest BCUT2D eigenvalue weighted by Crippen LogP contribution is 2.47. The van der Waals surface area contributed by atoms with Crippen LogP contribution in [0.5, 0.6) is 0 Å². The average molecular weight is 429 g/mol. The van der Waals surface area contributed by atoms with E-state index in [1.807, 2.05) is 12.1 Å². The third-order valence-corrected chi connectivity index (χ3v) is 7.50. The second-order valence-corrected chi connectivity index (χ2v) is 9.35. The Hall–Kier alpha value is -1.89. The molecule has 3 heterocycles. The maximum Gasteiger partial charge on any atom is 0.141 e. The smallest absolute Gasteiger partial charge is 0.141 e. The van der Waals surface area contributed by atoms with Crippen molar-refractivity contribution in [1.82, 2.24) is 10.3 Å². The molecule has 2 aliphatic heterocycles. The number of halogens is 2. The standard InChI is InChI=1S/C25H30F2N2O2/c26-19-3-1-18-2-5-22(21(18)15-19)28-11-7-24(23-6-4-20(27)16-29-23)8-14-31-25(17-24)9-12-30-13-10-25/h1,3-4,6,15-16,22,28H,2,5,7-14,17H2/t22-,24+/m0/s1. The molecule has 166 valence electrons. The molecule has 0 saturated carbocycles. The number of fused-ring (bicyclic) bond motifs is 1. The molecule has 6 heteroatoms. The summed E-state index contributed by atoms with van der Waals surface area (Å²) in [7, 11) is 0. The molecule has 0 amide bonds. The Bertz CT molecular complexity index is 909. The van der Waals surface area contributed by atoms with Crippen molar-refractivity contribution in [2.45, 2.75) is 62.0 Å². The van der Waals surface area contributed by atoms with Crippen molar-refractivity contribution in [3.63, 3.8) is 0 Å². The lowest BCUT2D eigenvalue weighted by Gasteiger charge is -2.49. The van der Waals surface area contributed by atoms with Crippen molar-refractivity contribution in [2.75, 3.05) is 26.4 Å². The summed E-state index contributed by atoms with van der Waals surface area (Å²) in [6.07, 6.45) is 7.70. The number of aromatic nitrogens is 1. The number of rotatable bonds is 5. The molecule has 0 unspecified atom stereocenters. The van der Waals surface area contributed by atoms with Crippen molar-refractivity contribution >= 4 is 0 Å². The van der Waals surface area contributed by atoms with E-state index in [1.165, 1.54) is 17.8 Å². The fourth-order valence-corrected chi connectivity index (χ4v) is 5.80. The number of ether oxygens (including phenoxy) is 2. The van der Waals surface area contributed by atoms with E-state index >= 15 is 0 Å². The van der Waals surface area contributed by atoms with Crippen molar-refractivity contribution in [1.29, 1.82) is 0 Å². The Labute approximate surface area is 182 Å². The van der Waals surface area contributed by atoms with E-state index in [0.29, 0.717) is 6.61 Å². The maximum atomic E-state index is 13.8. The summed E-state index contributed by atoms with van der Waals surface area (Å²) in [4.78, 5) is 4.51. The van der Waals surface area contributed by atoms with Gasteiger partial charge in [-0.05, 0) is 86.9 Å². The molecule has 2 atom stereocenters. The second kappa shape index (κ2) is 8.57. The molecule has 0 radical (unpaired) electrons. The Morgan fingerprint density at radius 2 is 1.87 bits per heavy atom. The van der Waals surface area contributed by atoms with Gasteiger partial charge in [-0.3, -0.25) is 4.98 Å². The molecule has 2 saturated heterocycles. The minimum Gasteiger partial charge on any atom is -0.381 e. The van der Waals surface area contributed by atoms with E-state index in [-0.39, 0.29) is 28.7 Å². The number of hydrogen-bond donors (Lipinski definition) is 1. The second-order valence-electron chi connectivity index (χ2n) is 9.35. The average Bonchev–Trinajstić information content (AvgIpc) is 3.17. The highest BCUT2D eigenvalue weighted by molar-refractivity contribution is 5.35. The van der Waals surface area contributed by atoms with Crippen LogP contribution in [0.15, 0.2) is 36.5 Å². The van der Waals surface area contributed by atoms with Crippen LogP contribution in [0.25, 0.3) is 0 Å². The molecule has 1 aromatic carbocycles. The topological polar surface area (TPSA) is 43.4 Å². The maximum absolute atomic E-state index is 13.8. The third-order valence-electron chi connectivity index (χ3n) is 7.50. The van der Waals surface area contributed by atoms with Crippen LogP contribution in [0.3, 0.4) is 0 Å². The van der Waals surface area contributed by atoms with Gasteiger partial charge in [0.15, 0.2) is 0 Å². The zero-order valence-corrected chi connectivity index (χ0v) is 17.8. The SMILES string of the molecule is Fc1ccc([C@]2(CCN[C@H]3CCc4ccc(F)cc43)CCOC3(CCOCC3)C2)nc1. The summed E-state index contributed by atoms with van der Waals surface area (Å²) in [6, 6.07) is 8.66. The lowest BCUT2D eigenvalue weighted by atomic mass is 9.66. The van der Waals surface area contributed by atoms with Crippen molar-refractivity contribution in [3.05, 3.63) is 65.0 Å². The number of benzene rings is 1. The van der Waals surface area contributed by atoms with Crippen LogP contribution in [0.1, 0.15) is 61.4 Å². The van der Waals surface area contributed by atoms with Crippen LogP contribution >= 0.6 is 0 Å². The van der Waals surface area contributed by atoms with Crippen molar-refractivity contribution < 1.29 is 18.3 Å². The summed E-state index contributed by atoms with van der Waals surface area (Å²) < 4.78 is 39.3. The van der Waals surface area contributed by atoms with E-state index < -0.39 is 0 Å². The highest BCUT2D eigenvalue weighted by Gasteiger charge is 2.48. The van der Waals surface area contributed by atoms with Crippen molar-refractivity contribution in [3.8, 4) is 0 Å². The van der Waals surface area contributed by atoms with Gasteiger partial charge in [0.1, 0.15) is 11.6 Å². The van der Waals surface area contributed by atoms with Crippen molar-refractivity contribution in [2.24, 2.45) is 0 Å². The van der Waals surface area contributed by atoms with Gasteiger partial charge in [-0.25, -0.2) is 8.78 Å². The van der Waals surface area contributed by atoms with E-state index in [1.54, 1.807) is 12.1 Å². The first-order valence-corrected chi connectivity index (χ1v) is 11.4. The first-order valence-electron chi connectivity index (χ1n) is 11.4. The van der Waals surface area contributed by atoms with E-state index in [9.17, 15) is 8.78 Å². The monoisotopic (exact) mass is 428 g/mol. The Morgan fingerprint density at radius 3 is 2.68 bits per heavy atom. The van der Waals surface area contributed by atoms with E-state index in [0.717, 1.165) is 76.0 Å². The minimum atomic E-state index is -0.311. The Kier molecular flexibility index (Phi) is 5.80. The normalized spacial score (nSPS) is 27.4. The summed E-state index contributed by atoms with van der Waals surface area (Å²) in [5.74, 6) is -0.486. The van der Waals surface area contributed by atoms with Gasteiger partial charge in [-0.15, -0.1) is 0 Å². The van der Waals surface area contributed by atoms with Crippen LogP contribution in [0.4, 0.5) is 8.78 Å². The number of hydrogen-bond acceptors (Lipinski definition) is 4. The van der Waals surface area contributed by atoms with Gasteiger partial charge >= 0.3 is 0 Å². The minimum absolute atomic E-state index is 0.167. The first-order chi connectivity index (χ1) is 15.1. The fourth-order valence-electron chi connectivity index (χ4n) is 5.80. The summed E-state index contributed by atoms with van der Waals surface area (Å²) >= 11 is 0. The number of nitrogens with one attached hydrogen (secondary N) is 1. The van der Waals surface area contributed by atoms with Gasteiger partial charge in [-0.2, -0.15) is 0 Å². The molecule has 1 aliphatic carbocycles. The molecular formula is C25H30F2N2O2. The van der Waals surface area contributed by atoms with Gasteiger partial charge < -0.3 is 14.8 Å². The highest BCUT2D eigenvalue weighted by atomic mass is 19.1. The third kappa shape index (κ3) is 4.26. The molecule has 4 nitrogen and oxygen atoms in total. The largest absolute Gasteiger partial charge is 0.381 e. The number of pyridine rings is 1. The Balaban J connectivity index is 1.35. The summed E-state index contributed by atoms with van der Waals surface area (Å²) in [5.41, 5.74) is 2.92. The molecule has 31 heavy (non-hydrogen) atoms. The molecule has 1 spiro atoms. The van der Waals surface area contributed by atoms with Gasteiger partial charge in [0.05, 0.1) is 11.8 Å². The molecule has 2 aromatic rings.